The molecular formula is C17H21NO5. The molecule has 0 aliphatic carbocycles. The van der Waals surface area contributed by atoms with Gasteiger partial charge < -0.3 is 15.2 Å². The van der Waals surface area contributed by atoms with E-state index in [9.17, 15) is 19.2 Å². The zero-order valence-corrected chi connectivity index (χ0v) is 13.2. The van der Waals surface area contributed by atoms with E-state index in [0.29, 0.717) is 6.42 Å². The van der Waals surface area contributed by atoms with Crippen molar-refractivity contribution < 1.29 is 24.3 Å². The van der Waals surface area contributed by atoms with Crippen LogP contribution in [0.5, 0.6) is 0 Å². The van der Waals surface area contributed by atoms with Crippen molar-refractivity contribution in [3.05, 3.63) is 35.9 Å². The van der Waals surface area contributed by atoms with E-state index in [-0.39, 0.29) is 12.2 Å². The molecule has 1 rings (SSSR count). The van der Waals surface area contributed by atoms with Crippen molar-refractivity contribution in [2.45, 2.75) is 39.2 Å². The number of hydrogen-bond donors (Lipinski definition) is 2. The fourth-order valence-electron chi connectivity index (χ4n) is 2.26. The Morgan fingerprint density at radius 2 is 1.65 bits per heavy atom. The molecule has 1 amide bonds. The largest absolute Gasteiger partial charge is 0.481 e. The van der Waals surface area contributed by atoms with Crippen molar-refractivity contribution in [3.8, 4) is 0 Å². The first kappa shape index (κ1) is 18.5. The summed E-state index contributed by atoms with van der Waals surface area (Å²) in [5.74, 6) is -2.85. The Morgan fingerprint density at radius 1 is 1.04 bits per heavy atom. The van der Waals surface area contributed by atoms with Crippen molar-refractivity contribution in [2.75, 3.05) is 0 Å². The maximum absolute atomic E-state index is 12.4. The van der Waals surface area contributed by atoms with Crippen LogP contribution in [0.3, 0.4) is 0 Å². The quantitative estimate of drug-likeness (QED) is 0.716. The monoisotopic (exact) mass is 319 g/mol. The first-order chi connectivity index (χ1) is 10.8. The van der Waals surface area contributed by atoms with Gasteiger partial charge in [0.15, 0.2) is 5.78 Å². The second kappa shape index (κ2) is 8.82. The SMILES string of the molecule is CC(=O)CC(Cc1ccccc1)C(=O)N[C@@H](CC(=O)O)C(C)=O. The van der Waals surface area contributed by atoms with Gasteiger partial charge in [-0.2, -0.15) is 0 Å². The number of ketones is 2. The number of carbonyl (C=O) groups is 4. The number of rotatable bonds is 9. The van der Waals surface area contributed by atoms with Crippen LogP contribution in [0.4, 0.5) is 0 Å². The van der Waals surface area contributed by atoms with E-state index in [0.717, 1.165) is 5.56 Å². The Balaban J connectivity index is 2.83. The van der Waals surface area contributed by atoms with E-state index in [1.807, 2.05) is 30.3 Å². The van der Waals surface area contributed by atoms with Gasteiger partial charge in [-0.25, -0.2) is 0 Å². The van der Waals surface area contributed by atoms with Gasteiger partial charge in [-0.3, -0.25) is 14.4 Å². The van der Waals surface area contributed by atoms with Gasteiger partial charge in [0.2, 0.25) is 5.91 Å². The normalized spacial score (nSPS) is 13.0. The lowest BCUT2D eigenvalue weighted by Gasteiger charge is -2.20. The van der Waals surface area contributed by atoms with Gasteiger partial charge in [-0.05, 0) is 25.8 Å². The van der Waals surface area contributed by atoms with Crippen molar-refractivity contribution in [3.63, 3.8) is 0 Å². The van der Waals surface area contributed by atoms with Gasteiger partial charge in [0.1, 0.15) is 5.78 Å². The molecule has 2 N–H and O–H groups in total. The average molecular weight is 319 g/mol. The Bertz CT molecular complexity index is 582. The number of nitrogens with one attached hydrogen (secondary N) is 1. The minimum absolute atomic E-state index is 0.0401. The molecule has 0 radical (unpaired) electrons. The summed E-state index contributed by atoms with van der Waals surface area (Å²) in [4.78, 5) is 46.0. The fourth-order valence-corrected chi connectivity index (χ4v) is 2.26. The number of aliphatic carboxylic acids is 1. The molecule has 0 fully saturated rings. The summed E-state index contributed by atoms with van der Waals surface area (Å²) >= 11 is 0. The minimum atomic E-state index is -1.17. The van der Waals surface area contributed by atoms with Crippen LogP contribution in [-0.4, -0.2) is 34.6 Å². The van der Waals surface area contributed by atoms with Crippen LogP contribution in [0.15, 0.2) is 30.3 Å². The molecule has 6 nitrogen and oxygen atoms in total. The molecule has 0 bridgehead atoms. The number of carboxylic acids is 1. The molecule has 1 aromatic carbocycles. The smallest absolute Gasteiger partial charge is 0.305 e. The Morgan fingerprint density at radius 3 is 2.13 bits per heavy atom. The summed E-state index contributed by atoms with van der Waals surface area (Å²) in [5, 5.41) is 11.3. The molecule has 124 valence electrons. The molecule has 0 aliphatic rings. The van der Waals surface area contributed by atoms with E-state index in [1.165, 1.54) is 13.8 Å². The lowest BCUT2D eigenvalue weighted by atomic mass is 9.93. The highest BCUT2D eigenvalue weighted by Crippen LogP contribution is 2.14. The summed E-state index contributed by atoms with van der Waals surface area (Å²) in [7, 11) is 0. The molecular weight excluding hydrogens is 298 g/mol. The van der Waals surface area contributed by atoms with Crippen LogP contribution >= 0.6 is 0 Å². The number of hydrogen-bond acceptors (Lipinski definition) is 4. The minimum Gasteiger partial charge on any atom is -0.481 e. The molecule has 23 heavy (non-hydrogen) atoms. The molecule has 0 saturated heterocycles. The third kappa shape index (κ3) is 6.86. The number of amides is 1. The van der Waals surface area contributed by atoms with E-state index in [1.54, 1.807) is 0 Å². The molecule has 6 heteroatoms. The summed E-state index contributed by atoms with van der Waals surface area (Å²) < 4.78 is 0. The molecule has 2 atom stereocenters. The first-order valence-electron chi connectivity index (χ1n) is 7.35. The van der Waals surface area contributed by atoms with E-state index in [4.69, 9.17) is 5.11 Å². The van der Waals surface area contributed by atoms with Gasteiger partial charge in [-0.15, -0.1) is 0 Å². The third-order valence-electron chi connectivity index (χ3n) is 3.42. The fraction of sp³-hybridized carbons (Fsp3) is 0.412. The molecule has 0 saturated carbocycles. The van der Waals surface area contributed by atoms with Crippen LogP contribution in [-0.2, 0) is 25.6 Å². The molecule has 0 spiro atoms. The van der Waals surface area contributed by atoms with Crippen LogP contribution in [0.2, 0.25) is 0 Å². The van der Waals surface area contributed by atoms with Gasteiger partial charge in [0.25, 0.3) is 0 Å². The summed E-state index contributed by atoms with van der Waals surface area (Å²) in [6.07, 6.45) is -0.0818. The Hall–Kier alpha value is -2.50. The van der Waals surface area contributed by atoms with Crippen molar-refractivity contribution in [1.29, 1.82) is 0 Å². The van der Waals surface area contributed by atoms with E-state index >= 15 is 0 Å². The van der Waals surface area contributed by atoms with Crippen LogP contribution in [0.25, 0.3) is 0 Å². The summed E-state index contributed by atoms with van der Waals surface area (Å²) in [6.45, 7) is 2.62. The summed E-state index contributed by atoms with van der Waals surface area (Å²) in [5.41, 5.74) is 0.895. The third-order valence-corrected chi connectivity index (χ3v) is 3.42. The van der Waals surface area contributed by atoms with Crippen LogP contribution in [0, 0.1) is 5.92 Å². The predicted molar refractivity (Wildman–Crippen MR) is 83.8 cm³/mol. The van der Waals surface area contributed by atoms with Gasteiger partial charge >= 0.3 is 5.97 Å². The standard InChI is InChI=1S/C17H21NO5/c1-11(19)8-14(9-13-6-4-3-5-7-13)17(23)18-15(12(2)20)10-16(21)22/h3-7,14-15H,8-10H2,1-2H3,(H,18,23)(H,21,22)/t14?,15-/m0/s1. The summed E-state index contributed by atoms with van der Waals surface area (Å²) in [6, 6.07) is 8.13. The zero-order valence-electron chi connectivity index (χ0n) is 13.2. The first-order valence-corrected chi connectivity index (χ1v) is 7.35. The topological polar surface area (TPSA) is 101 Å². The number of Topliss-reactive ketones (excluding diaryl/α,β-unsaturated/α-hetero) is 2. The number of carboxylic acid groups (broad SMARTS) is 1. The second-order valence-electron chi connectivity index (χ2n) is 5.56. The lowest BCUT2D eigenvalue weighted by Crippen LogP contribution is -2.44. The number of carbonyl (C=O) groups excluding carboxylic acids is 3. The van der Waals surface area contributed by atoms with Crippen molar-refractivity contribution in [1.82, 2.24) is 5.32 Å². The van der Waals surface area contributed by atoms with Gasteiger partial charge in [-0.1, -0.05) is 30.3 Å². The molecule has 0 heterocycles. The highest BCUT2D eigenvalue weighted by molar-refractivity contribution is 5.92. The van der Waals surface area contributed by atoms with Crippen molar-refractivity contribution in [2.24, 2.45) is 5.92 Å². The molecule has 1 aromatic rings. The average Bonchev–Trinajstić information content (AvgIpc) is 2.45. The van der Waals surface area contributed by atoms with E-state index in [2.05, 4.69) is 5.32 Å². The zero-order chi connectivity index (χ0) is 17.4. The maximum Gasteiger partial charge on any atom is 0.305 e. The second-order valence-corrected chi connectivity index (χ2v) is 5.56. The molecule has 0 aliphatic heterocycles. The van der Waals surface area contributed by atoms with Crippen LogP contribution in [0.1, 0.15) is 32.3 Å². The molecule has 0 aromatic heterocycles. The highest BCUT2D eigenvalue weighted by atomic mass is 16.4. The van der Waals surface area contributed by atoms with E-state index < -0.39 is 36.0 Å². The molecule has 1 unspecified atom stereocenters. The lowest BCUT2D eigenvalue weighted by molar-refractivity contribution is -0.140. The predicted octanol–water partition coefficient (Wildman–Crippen LogP) is 1.37. The van der Waals surface area contributed by atoms with Gasteiger partial charge in [0, 0.05) is 12.3 Å². The Labute approximate surface area is 134 Å². The number of benzene rings is 1. The van der Waals surface area contributed by atoms with Gasteiger partial charge in [0.05, 0.1) is 12.5 Å². The maximum atomic E-state index is 12.4. The van der Waals surface area contributed by atoms with Crippen molar-refractivity contribution >= 4 is 23.4 Å². The highest BCUT2D eigenvalue weighted by Gasteiger charge is 2.26. The van der Waals surface area contributed by atoms with Crippen LogP contribution < -0.4 is 5.32 Å². The Kier molecular flexibility index (Phi) is 7.12.